The highest BCUT2D eigenvalue weighted by Gasteiger charge is 2.37. The maximum atomic E-state index is 9.23. The zero-order valence-electron chi connectivity index (χ0n) is 12.6. The Morgan fingerprint density at radius 1 is 1.37 bits per heavy atom. The molecule has 0 saturated heterocycles. The molecule has 1 aromatic heterocycles. The van der Waals surface area contributed by atoms with Gasteiger partial charge in [-0.2, -0.15) is 5.26 Å². The molecular weight excluding hydrogens is 252 g/mol. The lowest BCUT2D eigenvalue weighted by Crippen LogP contribution is -2.41. The third kappa shape index (κ3) is 4.45. The lowest BCUT2D eigenvalue weighted by Gasteiger charge is -2.36. The smallest absolute Gasteiger partial charge is 0.191 e. The van der Waals surface area contributed by atoms with Crippen LogP contribution in [0.25, 0.3) is 0 Å². The second kappa shape index (κ2) is 6.31. The molecule has 0 amide bonds. The van der Waals surface area contributed by atoms with Crippen molar-refractivity contribution >= 4 is 8.32 Å². The van der Waals surface area contributed by atoms with E-state index in [4.69, 9.17) is 4.43 Å². The molecule has 19 heavy (non-hydrogen) atoms. The lowest BCUT2D eigenvalue weighted by molar-refractivity contribution is 0.278. The fraction of sp³-hybridized carbons (Fsp3) is 0.600. The lowest BCUT2D eigenvalue weighted by atomic mass is 10.0. The second-order valence-corrected chi connectivity index (χ2v) is 11.1. The third-order valence-electron chi connectivity index (χ3n) is 3.88. The molecule has 0 aromatic carbocycles. The zero-order chi connectivity index (χ0) is 14.5. The summed E-state index contributed by atoms with van der Waals surface area (Å²) in [5, 5.41) is 9.44. The van der Waals surface area contributed by atoms with Crippen molar-refractivity contribution in [3.05, 3.63) is 30.1 Å². The number of nitriles is 1. The van der Waals surface area contributed by atoms with E-state index in [-0.39, 0.29) is 11.0 Å². The summed E-state index contributed by atoms with van der Waals surface area (Å²) in [6.45, 7) is 11.8. The van der Waals surface area contributed by atoms with E-state index in [1.807, 2.05) is 18.2 Å². The molecule has 0 spiro atoms. The van der Waals surface area contributed by atoms with Crippen LogP contribution in [0.4, 0.5) is 0 Å². The van der Waals surface area contributed by atoms with E-state index in [0.29, 0.717) is 13.0 Å². The molecule has 0 N–H and O–H groups in total. The van der Waals surface area contributed by atoms with Crippen molar-refractivity contribution in [3.8, 4) is 6.07 Å². The predicted octanol–water partition coefficient (Wildman–Crippen LogP) is 4.10. The fourth-order valence-electron chi connectivity index (χ4n) is 1.51. The zero-order valence-corrected chi connectivity index (χ0v) is 13.6. The van der Waals surface area contributed by atoms with Crippen molar-refractivity contribution in [1.29, 1.82) is 5.26 Å². The Balaban J connectivity index is 2.55. The van der Waals surface area contributed by atoms with Gasteiger partial charge in [-0.15, -0.1) is 0 Å². The summed E-state index contributed by atoms with van der Waals surface area (Å²) in [7, 11) is -1.72. The molecule has 1 heterocycles. The Morgan fingerprint density at radius 2 is 2.05 bits per heavy atom. The minimum atomic E-state index is -1.72. The van der Waals surface area contributed by atoms with Gasteiger partial charge in [0.1, 0.15) is 0 Å². The van der Waals surface area contributed by atoms with E-state index in [0.717, 1.165) is 5.69 Å². The fourth-order valence-corrected chi connectivity index (χ4v) is 2.57. The summed E-state index contributed by atoms with van der Waals surface area (Å²) >= 11 is 0. The van der Waals surface area contributed by atoms with E-state index in [1.54, 1.807) is 6.20 Å². The average Bonchev–Trinajstić information content (AvgIpc) is 2.34. The van der Waals surface area contributed by atoms with Crippen LogP contribution >= 0.6 is 0 Å². The summed E-state index contributed by atoms with van der Waals surface area (Å²) < 4.78 is 6.11. The molecule has 0 aliphatic heterocycles. The van der Waals surface area contributed by atoms with Crippen molar-refractivity contribution in [2.75, 3.05) is 6.61 Å². The summed E-state index contributed by atoms with van der Waals surface area (Å²) in [5.74, 6) is -0.175. The van der Waals surface area contributed by atoms with Gasteiger partial charge in [0.25, 0.3) is 0 Å². The van der Waals surface area contributed by atoms with Gasteiger partial charge in [-0.1, -0.05) is 26.8 Å². The third-order valence-corrected chi connectivity index (χ3v) is 8.41. The molecule has 0 fully saturated rings. The minimum absolute atomic E-state index is 0.175. The van der Waals surface area contributed by atoms with Crippen LogP contribution < -0.4 is 0 Å². The normalized spacial score (nSPS) is 13.9. The van der Waals surface area contributed by atoms with Gasteiger partial charge in [0.15, 0.2) is 8.32 Å². The second-order valence-electron chi connectivity index (χ2n) is 6.33. The van der Waals surface area contributed by atoms with Gasteiger partial charge in [0.05, 0.1) is 17.7 Å². The maximum Gasteiger partial charge on any atom is 0.191 e. The van der Waals surface area contributed by atoms with Gasteiger partial charge in [-0.05, 0) is 36.7 Å². The molecule has 1 aromatic rings. The van der Waals surface area contributed by atoms with Gasteiger partial charge in [-0.3, -0.25) is 4.98 Å². The molecule has 0 bridgehead atoms. The summed E-state index contributed by atoms with van der Waals surface area (Å²) in [6, 6.07) is 8.00. The highest BCUT2D eigenvalue weighted by atomic mass is 28.4. The number of pyridine rings is 1. The quantitative estimate of drug-likeness (QED) is 0.761. The van der Waals surface area contributed by atoms with Crippen LogP contribution in [0.1, 0.15) is 38.8 Å². The van der Waals surface area contributed by atoms with E-state index in [2.05, 4.69) is 44.9 Å². The van der Waals surface area contributed by atoms with E-state index in [9.17, 15) is 5.26 Å². The molecule has 3 nitrogen and oxygen atoms in total. The van der Waals surface area contributed by atoms with Crippen LogP contribution in [-0.2, 0) is 4.43 Å². The van der Waals surface area contributed by atoms with Gasteiger partial charge in [-0.25, -0.2) is 0 Å². The Labute approximate surface area is 117 Å². The monoisotopic (exact) mass is 276 g/mol. The number of aromatic nitrogens is 1. The molecule has 0 radical (unpaired) electrons. The Bertz CT molecular complexity index is 432. The van der Waals surface area contributed by atoms with E-state index < -0.39 is 8.32 Å². The minimum Gasteiger partial charge on any atom is -0.417 e. The standard InChI is InChI=1S/C15H24N2OSi/c1-15(2,3)19(4,5)18-11-9-13(12-16)14-8-6-7-10-17-14/h6-8,10,13H,9,11H2,1-5H3. The van der Waals surface area contributed by atoms with Crippen LogP contribution in [0.2, 0.25) is 18.1 Å². The molecule has 0 aliphatic rings. The van der Waals surface area contributed by atoms with Crippen molar-refractivity contribution < 1.29 is 4.43 Å². The summed E-state index contributed by atoms with van der Waals surface area (Å²) in [6.07, 6.45) is 2.44. The van der Waals surface area contributed by atoms with Crippen LogP contribution in [0.5, 0.6) is 0 Å². The Hall–Kier alpha value is -1.18. The number of nitrogens with zero attached hydrogens (tertiary/aromatic N) is 2. The molecule has 104 valence electrons. The largest absolute Gasteiger partial charge is 0.417 e. The van der Waals surface area contributed by atoms with Crippen molar-refractivity contribution in [1.82, 2.24) is 4.98 Å². The van der Waals surface area contributed by atoms with Crippen molar-refractivity contribution in [2.24, 2.45) is 0 Å². The first-order chi connectivity index (χ1) is 8.78. The van der Waals surface area contributed by atoms with Gasteiger partial charge >= 0.3 is 0 Å². The van der Waals surface area contributed by atoms with Crippen molar-refractivity contribution in [3.63, 3.8) is 0 Å². The molecule has 0 saturated carbocycles. The van der Waals surface area contributed by atoms with Crippen LogP contribution in [0, 0.1) is 11.3 Å². The van der Waals surface area contributed by atoms with Crippen LogP contribution in [-0.4, -0.2) is 19.9 Å². The summed E-state index contributed by atoms with van der Waals surface area (Å²) in [4.78, 5) is 4.25. The van der Waals surface area contributed by atoms with Gasteiger partial charge in [0, 0.05) is 12.8 Å². The highest BCUT2D eigenvalue weighted by molar-refractivity contribution is 6.74. The average molecular weight is 276 g/mol. The molecule has 4 heteroatoms. The van der Waals surface area contributed by atoms with Gasteiger partial charge in [0.2, 0.25) is 0 Å². The van der Waals surface area contributed by atoms with Crippen LogP contribution in [0.15, 0.2) is 24.4 Å². The van der Waals surface area contributed by atoms with Crippen molar-refractivity contribution in [2.45, 2.75) is 51.2 Å². The predicted molar refractivity (Wildman–Crippen MR) is 80.4 cm³/mol. The summed E-state index contributed by atoms with van der Waals surface area (Å²) in [5.41, 5.74) is 0.837. The first-order valence-electron chi connectivity index (χ1n) is 6.72. The molecule has 1 rings (SSSR count). The molecule has 1 unspecified atom stereocenters. The number of hydrogen-bond acceptors (Lipinski definition) is 3. The number of hydrogen-bond donors (Lipinski definition) is 0. The maximum absolute atomic E-state index is 9.23. The molecule has 1 atom stereocenters. The van der Waals surface area contributed by atoms with Crippen LogP contribution in [0.3, 0.4) is 0 Å². The Kier molecular flexibility index (Phi) is 5.27. The SMILES string of the molecule is CC(C)(C)[Si](C)(C)OCCC(C#N)c1ccccn1. The molecular formula is C15H24N2OSi. The highest BCUT2D eigenvalue weighted by Crippen LogP contribution is 2.36. The number of rotatable bonds is 5. The molecule has 0 aliphatic carbocycles. The van der Waals surface area contributed by atoms with E-state index in [1.165, 1.54) is 0 Å². The van der Waals surface area contributed by atoms with Gasteiger partial charge < -0.3 is 4.43 Å². The first-order valence-corrected chi connectivity index (χ1v) is 9.63. The van der Waals surface area contributed by atoms with E-state index >= 15 is 0 Å². The topological polar surface area (TPSA) is 45.9 Å². The Morgan fingerprint density at radius 3 is 2.53 bits per heavy atom. The first kappa shape index (κ1) is 15.9.